The zero-order valence-corrected chi connectivity index (χ0v) is 40.9. The number of carbonyl (C=O) groups excluding carboxylic acids is 2. The van der Waals surface area contributed by atoms with Crippen molar-refractivity contribution in [2.45, 2.75) is 109 Å². The summed E-state index contributed by atoms with van der Waals surface area (Å²) in [5.74, 6) is -2.91. The maximum absolute atomic E-state index is 14.8. The van der Waals surface area contributed by atoms with Crippen LogP contribution in [0.25, 0.3) is 0 Å². The van der Waals surface area contributed by atoms with Crippen molar-refractivity contribution in [3.05, 3.63) is 195 Å². The Hall–Kier alpha value is -6.23. The normalized spacial score (nSPS) is 16.5. The lowest BCUT2D eigenvalue weighted by molar-refractivity contribution is -0.384. The summed E-state index contributed by atoms with van der Waals surface area (Å²) in [5.41, 5.74) is 4.19. The molecule has 0 N–H and O–H groups in total. The number of nitrogens with zero attached hydrogens (tertiary/aromatic N) is 4. The number of benzene rings is 5. The summed E-state index contributed by atoms with van der Waals surface area (Å²) in [6.45, 7) is 16.6. The van der Waals surface area contributed by atoms with Gasteiger partial charge in [0.05, 0.1) is 10.5 Å². The fourth-order valence-corrected chi connectivity index (χ4v) is 9.49. The number of likely N-dealkylation sites (N-methyl/N-ethyl adjacent to an activating group) is 2. The second kappa shape index (κ2) is 22.0. The number of aliphatic imine (C=N–C) groups is 1. The number of nitro groups is 1. The fourth-order valence-electron chi connectivity index (χ4n) is 9.49. The highest BCUT2D eigenvalue weighted by atomic mass is 16.6. The van der Waals surface area contributed by atoms with E-state index < -0.39 is 39.9 Å². The van der Waals surface area contributed by atoms with Crippen molar-refractivity contribution in [1.82, 2.24) is 9.80 Å². The van der Waals surface area contributed by atoms with Crippen LogP contribution >= 0.6 is 0 Å². The Balaban J connectivity index is 1.22. The van der Waals surface area contributed by atoms with Crippen molar-refractivity contribution in [3.8, 4) is 0 Å². The number of esters is 2. The molecule has 4 atom stereocenters. The van der Waals surface area contributed by atoms with E-state index in [1.807, 2.05) is 79.9 Å². The van der Waals surface area contributed by atoms with Gasteiger partial charge in [-0.25, -0.2) is 4.79 Å². The van der Waals surface area contributed by atoms with E-state index in [0.29, 0.717) is 17.0 Å². The van der Waals surface area contributed by atoms with Gasteiger partial charge in [0.2, 0.25) is 0 Å². The first-order valence-corrected chi connectivity index (χ1v) is 23.5. The summed E-state index contributed by atoms with van der Waals surface area (Å²) in [6, 6.07) is 47.6. The number of hydrogen-bond donors (Lipinski definition) is 0. The van der Waals surface area contributed by atoms with Gasteiger partial charge in [0.1, 0.15) is 17.1 Å². The molecule has 0 amide bonds. The maximum Gasteiger partial charge on any atom is 0.337 e. The van der Waals surface area contributed by atoms with E-state index in [2.05, 4.69) is 107 Å². The Bertz CT molecular complexity index is 2430. The smallest absolute Gasteiger partial charge is 0.337 e. The van der Waals surface area contributed by atoms with Gasteiger partial charge in [-0.3, -0.25) is 29.7 Å². The molecule has 0 radical (unpaired) electrons. The molecule has 0 aliphatic carbocycles. The highest BCUT2D eigenvalue weighted by Crippen LogP contribution is 2.43. The molecule has 0 bridgehead atoms. The zero-order chi connectivity index (χ0) is 48.5. The van der Waals surface area contributed by atoms with Crippen LogP contribution < -0.4 is 0 Å². The lowest BCUT2D eigenvalue weighted by atomic mass is 9.75. The quantitative estimate of drug-likeness (QED) is 0.0431. The standard InChI is InChI=1S/C57H68N4O6/c1-39-51(54(62)66-56(5,6)41(3)59(9)36-34-49(43-24-15-11-16-25-43)44-26-17-12-18-27-44)53(47-32-23-33-48(38-47)61(64)65)52(40(2)58-39)55(63)67-57(7,8)42(4)60(10)37-35-50(45-28-19-13-20-29-45)46-30-21-14-22-31-46/h11-33,38,41-42,49-51,53H,34-37H2,1-10H3. The number of rotatable bonds is 20. The Kier molecular flexibility index (Phi) is 16.5. The minimum atomic E-state index is -1.07. The summed E-state index contributed by atoms with van der Waals surface area (Å²) >= 11 is 0. The first kappa shape index (κ1) is 50.2. The van der Waals surface area contributed by atoms with Gasteiger partial charge in [0, 0.05) is 53.4 Å². The average Bonchev–Trinajstić information content (AvgIpc) is 3.31. The molecule has 352 valence electrons. The van der Waals surface area contributed by atoms with Crippen LogP contribution in [0.1, 0.15) is 114 Å². The number of nitro benzene ring substituents is 1. The third-order valence-corrected chi connectivity index (χ3v) is 14.1. The summed E-state index contributed by atoms with van der Waals surface area (Å²) in [6.07, 6.45) is 1.67. The third-order valence-electron chi connectivity index (χ3n) is 14.1. The van der Waals surface area contributed by atoms with Gasteiger partial charge >= 0.3 is 11.9 Å². The number of non-ortho nitro benzene ring substituents is 1. The van der Waals surface area contributed by atoms with Gasteiger partial charge in [-0.15, -0.1) is 0 Å². The van der Waals surface area contributed by atoms with Gasteiger partial charge in [0.25, 0.3) is 5.69 Å². The molecule has 6 rings (SSSR count). The molecule has 0 fully saturated rings. The summed E-state index contributed by atoms with van der Waals surface area (Å²) in [4.78, 5) is 50.5. The minimum absolute atomic E-state index is 0.157. The van der Waals surface area contributed by atoms with Gasteiger partial charge in [-0.05, 0) is 123 Å². The SMILES string of the molecule is CC1=NC(C)=C(C(=O)OC(C)(C)C(C)N(C)CCC(c2ccccc2)c2ccccc2)C(c2cccc([N+](=O)[O-])c2)C1C(=O)OC(C)(C)C(C)N(C)CCC(c1ccccc1)c1ccccc1. The van der Waals surface area contributed by atoms with Crippen LogP contribution in [0.15, 0.2) is 162 Å². The Morgan fingerprint density at radius 1 is 0.642 bits per heavy atom. The Labute approximate surface area is 397 Å². The zero-order valence-electron chi connectivity index (χ0n) is 40.9. The van der Waals surface area contributed by atoms with Crippen LogP contribution in [0.4, 0.5) is 5.69 Å². The molecule has 0 aromatic heterocycles. The van der Waals surface area contributed by atoms with E-state index in [4.69, 9.17) is 14.5 Å². The molecular formula is C57H68N4O6. The second-order valence-electron chi connectivity index (χ2n) is 19.2. The Morgan fingerprint density at radius 3 is 1.45 bits per heavy atom. The molecule has 67 heavy (non-hydrogen) atoms. The summed E-state index contributed by atoms with van der Waals surface area (Å²) < 4.78 is 13.0. The Morgan fingerprint density at radius 2 is 1.04 bits per heavy atom. The van der Waals surface area contributed by atoms with E-state index in [1.54, 1.807) is 26.0 Å². The molecule has 0 saturated heterocycles. The first-order chi connectivity index (χ1) is 31.9. The van der Waals surface area contributed by atoms with Crippen molar-refractivity contribution in [3.63, 3.8) is 0 Å². The van der Waals surface area contributed by atoms with Crippen molar-refractivity contribution >= 4 is 23.3 Å². The van der Waals surface area contributed by atoms with Crippen LogP contribution in [0.3, 0.4) is 0 Å². The van der Waals surface area contributed by atoms with Crippen LogP contribution in [-0.2, 0) is 19.1 Å². The maximum atomic E-state index is 14.8. The molecule has 0 spiro atoms. The van der Waals surface area contributed by atoms with Crippen LogP contribution in [0.5, 0.6) is 0 Å². The fraction of sp³-hybridized carbons (Fsp3) is 0.386. The lowest BCUT2D eigenvalue weighted by Crippen LogP contribution is -2.51. The molecule has 4 unspecified atom stereocenters. The van der Waals surface area contributed by atoms with Crippen molar-refractivity contribution in [2.75, 3.05) is 27.2 Å². The third kappa shape index (κ3) is 12.2. The number of ether oxygens (including phenoxy) is 2. The van der Waals surface area contributed by atoms with E-state index in [0.717, 1.165) is 25.9 Å². The number of carbonyl (C=O) groups is 2. The van der Waals surface area contributed by atoms with Crippen LogP contribution in [-0.4, -0.2) is 82.8 Å². The second-order valence-corrected chi connectivity index (χ2v) is 19.2. The minimum Gasteiger partial charge on any atom is -0.457 e. The molecule has 10 heteroatoms. The number of allylic oxidation sites excluding steroid dienone is 1. The van der Waals surface area contributed by atoms with Gasteiger partial charge in [0.15, 0.2) is 0 Å². The first-order valence-electron chi connectivity index (χ1n) is 23.5. The topological polar surface area (TPSA) is 115 Å². The number of hydrogen-bond acceptors (Lipinski definition) is 9. The van der Waals surface area contributed by atoms with Crippen molar-refractivity contribution in [2.24, 2.45) is 10.9 Å². The monoisotopic (exact) mass is 905 g/mol. The molecule has 1 aliphatic rings. The predicted octanol–water partition coefficient (Wildman–Crippen LogP) is 11.8. The van der Waals surface area contributed by atoms with Gasteiger partial charge < -0.3 is 9.47 Å². The summed E-state index contributed by atoms with van der Waals surface area (Å²) in [5, 5.41) is 12.1. The van der Waals surface area contributed by atoms with Gasteiger partial charge in [-0.2, -0.15) is 0 Å². The van der Waals surface area contributed by atoms with E-state index >= 15 is 0 Å². The van der Waals surface area contributed by atoms with E-state index in [1.165, 1.54) is 34.4 Å². The molecule has 0 saturated carbocycles. The average molecular weight is 905 g/mol. The summed E-state index contributed by atoms with van der Waals surface area (Å²) in [7, 11) is 4.08. The predicted molar refractivity (Wildman–Crippen MR) is 268 cm³/mol. The van der Waals surface area contributed by atoms with Crippen LogP contribution in [0.2, 0.25) is 0 Å². The molecule has 5 aromatic carbocycles. The van der Waals surface area contributed by atoms with Crippen molar-refractivity contribution in [1.29, 1.82) is 0 Å². The van der Waals surface area contributed by atoms with Crippen molar-refractivity contribution < 1.29 is 24.0 Å². The van der Waals surface area contributed by atoms with E-state index in [-0.39, 0.29) is 35.2 Å². The van der Waals surface area contributed by atoms with Crippen LogP contribution in [0, 0.1) is 16.0 Å². The largest absolute Gasteiger partial charge is 0.457 e. The van der Waals surface area contributed by atoms with Gasteiger partial charge in [-0.1, -0.05) is 133 Å². The molecule has 1 heterocycles. The molecule has 10 nitrogen and oxygen atoms in total. The molecule has 1 aliphatic heterocycles. The molecule has 5 aromatic rings. The molecular weight excluding hydrogens is 837 g/mol. The van der Waals surface area contributed by atoms with E-state index in [9.17, 15) is 19.7 Å². The lowest BCUT2D eigenvalue weighted by Gasteiger charge is -2.41. The highest BCUT2D eigenvalue weighted by Gasteiger charge is 2.47. The highest BCUT2D eigenvalue weighted by molar-refractivity contribution is 6.07.